The minimum atomic E-state index is -0.826. The number of rotatable bonds is 6. The van der Waals surface area contributed by atoms with Crippen molar-refractivity contribution in [1.29, 1.82) is 0 Å². The van der Waals surface area contributed by atoms with Crippen LogP contribution in [0.3, 0.4) is 0 Å². The summed E-state index contributed by atoms with van der Waals surface area (Å²) in [5, 5.41) is 5.37. The first-order valence-corrected chi connectivity index (χ1v) is 11.1. The molecule has 3 atom stereocenters. The minimum absolute atomic E-state index is 0.00126. The molecule has 4 nitrogen and oxygen atoms in total. The second-order valence-corrected chi connectivity index (χ2v) is 9.01. The molecule has 3 aromatic rings. The molecule has 1 aliphatic heterocycles. The number of benzene rings is 2. The van der Waals surface area contributed by atoms with Crippen LogP contribution >= 0.6 is 11.3 Å². The van der Waals surface area contributed by atoms with Crippen LogP contribution in [0.1, 0.15) is 45.6 Å². The van der Waals surface area contributed by atoms with Gasteiger partial charge >= 0.3 is 0 Å². The molecule has 1 aliphatic rings. The maximum absolute atomic E-state index is 12.8. The monoisotopic (exact) mass is 418 g/mol. The first-order chi connectivity index (χ1) is 14.5. The summed E-state index contributed by atoms with van der Waals surface area (Å²) in [6.45, 7) is 3.62. The molecular weight excluding hydrogens is 392 g/mol. The summed E-state index contributed by atoms with van der Waals surface area (Å²) >= 11 is 1.43. The largest absolute Gasteiger partial charge is 0.369 e. The van der Waals surface area contributed by atoms with E-state index in [4.69, 9.17) is 5.73 Å². The highest BCUT2D eigenvalue weighted by Crippen LogP contribution is 2.44. The number of primary amides is 1. The van der Waals surface area contributed by atoms with Gasteiger partial charge in [-0.05, 0) is 48.4 Å². The molecule has 1 fully saturated rings. The Labute approximate surface area is 181 Å². The number of nitrogens with two attached hydrogens (primary N) is 1. The lowest BCUT2D eigenvalue weighted by atomic mass is 9.62. The Balaban J connectivity index is 1.69. The van der Waals surface area contributed by atoms with E-state index in [0.717, 1.165) is 25.1 Å². The number of hydrogen-bond acceptors (Lipinski definition) is 4. The maximum Gasteiger partial charge on any atom is 0.228 e. The van der Waals surface area contributed by atoms with Gasteiger partial charge in [-0.2, -0.15) is 0 Å². The van der Waals surface area contributed by atoms with Crippen molar-refractivity contribution in [2.24, 2.45) is 11.7 Å². The molecule has 30 heavy (non-hydrogen) atoms. The Morgan fingerprint density at radius 3 is 2.40 bits per heavy atom. The topological polar surface area (TPSA) is 72.2 Å². The van der Waals surface area contributed by atoms with E-state index in [2.05, 4.69) is 17.4 Å². The lowest BCUT2D eigenvalue weighted by Gasteiger charge is -2.43. The zero-order valence-electron chi connectivity index (χ0n) is 17.0. The molecule has 0 saturated carbocycles. The molecule has 4 rings (SSSR count). The molecule has 0 spiro atoms. The predicted molar refractivity (Wildman–Crippen MR) is 121 cm³/mol. The normalized spacial score (nSPS) is 21.0. The fourth-order valence-electron chi connectivity index (χ4n) is 4.66. The van der Waals surface area contributed by atoms with Crippen LogP contribution in [0.15, 0.2) is 72.1 Å². The number of thiophene rings is 1. The van der Waals surface area contributed by atoms with Crippen molar-refractivity contribution in [3.63, 3.8) is 0 Å². The van der Waals surface area contributed by atoms with Gasteiger partial charge in [0.15, 0.2) is 0 Å². The van der Waals surface area contributed by atoms with Crippen molar-refractivity contribution in [2.75, 3.05) is 13.1 Å². The van der Waals surface area contributed by atoms with Crippen molar-refractivity contribution >= 4 is 23.0 Å². The van der Waals surface area contributed by atoms with E-state index in [-0.39, 0.29) is 23.5 Å². The summed E-state index contributed by atoms with van der Waals surface area (Å²) in [5.74, 6) is -0.0728. The number of hydrogen-bond donors (Lipinski definition) is 2. The van der Waals surface area contributed by atoms with Gasteiger partial charge in [0.2, 0.25) is 11.7 Å². The van der Waals surface area contributed by atoms with Crippen molar-refractivity contribution in [3.05, 3.63) is 93.7 Å². The molecule has 2 aromatic carbocycles. The maximum atomic E-state index is 12.8. The van der Waals surface area contributed by atoms with Crippen molar-refractivity contribution in [1.82, 2.24) is 5.32 Å². The van der Waals surface area contributed by atoms with Gasteiger partial charge in [-0.25, -0.2) is 0 Å². The SMILES string of the molecule is CC(C(N)=O)(c1ccc(C(=O)c2cccs2)cc1)C1CCNCC1c1ccccc1. The number of piperidine rings is 1. The Kier molecular flexibility index (Phi) is 5.84. The lowest BCUT2D eigenvalue weighted by Crippen LogP contribution is -2.51. The fourth-order valence-corrected chi connectivity index (χ4v) is 5.34. The standard InChI is InChI=1S/C25H26N2O2S/c1-25(24(26)29,21-13-14-27-16-20(21)17-6-3-2-4-7-17)19-11-9-18(10-12-19)23(28)22-8-5-15-30-22/h2-12,15,20-21,27H,13-14,16H2,1H3,(H2,26,29). The first kappa shape index (κ1) is 20.5. The van der Waals surface area contributed by atoms with Crippen molar-refractivity contribution in [3.8, 4) is 0 Å². The molecule has 1 saturated heterocycles. The summed E-state index contributed by atoms with van der Waals surface area (Å²) in [4.78, 5) is 26.2. The van der Waals surface area contributed by atoms with Gasteiger partial charge < -0.3 is 11.1 Å². The van der Waals surface area contributed by atoms with Crippen LogP contribution in [0.4, 0.5) is 0 Å². The van der Waals surface area contributed by atoms with Crippen LogP contribution in [0.2, 0.25) is 0 Å². The lowest BCUT2D eigenvalue weighted by molar-refractivity contribution is -0.125. The van der Waals surface area contributed by atoms with Crippen LogP contribution in [0, 0.1) is 5.92 Å². The fraction of sp³-hybridized carbons (Fsp3) is 0.280. The second kappa shape index (κ2) is 8.54. The van der Waals surface area contributed by atoms with E-state index in [1.165, 1.54) is 16.9 Å². The Hall–Kier alpha value is -2.76. The average molecular weight is 419 g/mol. The molecule has 3 N–H and O–H groups in total. The molecule has 5 heteroatoms. The van der Waals surface area contributed by atoms with Gasteiger partial charge in [-0.3, -0.25) is 9.59 Å². The highest BCUT2D eigenvalue weighted by molar-refractivity contribution is 7.12. The Morgan fingerprint density at radius 1 is 1.03 bits per heavy atom. The van der Waals surface area contributed by atoms with Gasteiger partial charge in [0.05, 0.1) is 10.3 Å². The van der Waals surface area contributed by atoms with Crippen LogP contribution in [-0.4, -0.2) is 24.8 Å². The van der Waals surface area contributed by atoms with Gasteiger partial charge in [0.25, 0.3) is 0 Å². The summed E-state index contributed by atoms with van der Waals surface area (Å²) in [6, 6.07) is 21.4. The quantitative estimate of drug-likeness (QED) is 0.592. The van der Waals surface area contributed by atoms with Gasteiger partial charge in [-0.15, -0.1) is 11.3 Å². The third-order valence-corrected chi connectivity index (χ3v) is 7.32. The van der Waals surface area contributed by atoms with E-state index >= 15 is 0 Å². The third kappa shape index (κ3) is 3.71. The molecule has 0 bridgehead atoms. The van der Waals surface area contributed by atoms with E-state index in [1.807, 2.05) is 66.9 Å². The Morgan fingerprint density at radius 2 is 1.77 bits per heavy atom. The number of carbonyl (C=O) groups is 2. The smallest absolute Gasteiger partial charge is 0.228 e. The summed E-state index contributed by atoms with van der Waals surface area (Å²) in [6.07, 6.45) is 0.856. The molecular formula is C25H26N2O2S. The average Bonchev–Trinajstić information content (AvgIpc) is 3.33. The number of amides is 1. The molecule has 1 aromatic heterocycles. The molecule has 1 amide bonds. The number of ketones is 1. The van der Waals surface area contributed by atoms with Crippen molar-refractivity contribution < 1.29 is 9.59 Å². The third-order valence-electron chi connectivity index (χ3n) is 6.45. The van der Waals surface area contributed by atoms with Gasteiger partial charge in [0.1, 0.15) is 0 Å². The van der Waals surface area contributed by atoms with E-state index in [9.17, 15) is 9.59 Å². The summed E-state index contributed by atoms with van der Waals surface area (Å²) in [7, 11) is 0. The predicted octanol–water partition coefficient (Wildman–Crippen LogP) is 4.12. The minimum Gasteiger partial charge on any atom is -0.369 e. The number of carbonyl (C=O) groups excluding carboxylic acids is 2. The molecule has 154 valence electrons. The van der Waals surface area contributed by atoms with E-state index < -0.39 is 5.41 Å². The zero-order valence-corrected chi connectivity index (χ0v) is 17.8. The zero-order chi connectivity index (χ0) is 21.1. The molecule has 0 aliphatic carbocycles. The van der Waals surface area contributed by atoms with Gasteiger partial charge in [-0.1, -0.05) is 60.7 Å². The molecule has 2 heterocycles. The summed E-state index contributed by atoms with van der Waals surface area (Å²) < 4.78 is 0. The van der Waals surface area contributed by atoms with Gasteiger partial charge in [0, 0.05) is 18.0 Å². The molecule has 0 radical (unpaired) electrons. The van der Waals surface area contributed by atoms with Crippen LogP contribution < -0.4 is 11.1 Å². The first-order valence-electron chi connectivity index (χ1n) is 10.3. The summed E-state index contributed by atoms with van der Waals surface area (Å²) in [5.41, 5.74) is 7.90. The molecule has 3 unspecified atom stereocenters. The highest BCUT2D eigenvalue weighted by Gasteiger charge is 2.46. The van der Waals surface area contributed by atoms with Crippen LogP contribution in [-0.2, 0) is 10.2 Å². The van der Waals surface area contributed by atoms with Crippen LogP contribution in [0.5, 0.6) is 0 Å². The second-order valence-electron chi connectivity index (χ2n) is 8.07. The Bertz CT molecular complexity index is 1020. The van der Waals surface area contributed by atoms with Crippen molar-refractivity contribution in [2.45, 2.75) is 24.7 Å². The van der Waals surface area contributed by atoms with E-state index in [0.29, 0.717) is 10.4 Å². The highest BCUT2D eigenvalue weighted by atomic mass is 32.1. The number of nitrogens with one attached hydrogen (secondary N) is 1. The van der Waals surface area contributed by atoms with E-state index in [1.54, 1.807) is 0 Å². The van der Waals surface area contributed by atoms with Crippen LogP contribution in [0.25, 0.3) is 0 Å².